The van der Waals surface area contributed by atoms with Crippen LogP contribution >= 0.6 is 11.6 Å². The monoisotopic (exact) mass is 382 g/mol. The topological polar surface area (TPSA) is 110 Å². The van der Waals surface area contributed by atoms with Crippen molar-refractivity contribution in [2.24, 2.45) is 17.6 Å². The molecule has 0 unspecified atom stereocenters. The van der Waals surface area contributed by atoms with Gasteiger partial charge in [0.25, 0.3) is 5.91 Å². The number of ether oxygens (including phenoxy) is 1. The lowest BCUT2D eigenvalue weighted by Crippen LogP contribution is -2.50. The van der Waals surface area contributed by atoms with E-state index in [0.29, 0.717) is 19.4 Å². The first-order valence-corrected chi connectivity index (χ1v) is 8.86. The van der Waals surface area contributed by atoms with Crippen molar-refractivity contribution in [1.29, 1.82) is 0 Å². The first-order valence-electron chi connectivity index (χ1n) is 8.48. The number of rotatable bonds is 5. The molecule has 1 fully saturated rings. The number of amides is 2. The van der Waals surface area contributed by atoms with E-state index < -0.39 is 23.9 Å². The number of piperidine rings is 1. The molecule has 1 aliphatic heterocycles. The van der Waals surface area contributed by atoms with Crippen molar-refractivity contribution < 1.29 is 24.2 Å². The zero-order valence-corrected chi connectivity index (χ0v) is 15.5. The highest BCUT2D eigenvalue weighted by Crippen LogP contribution is 2.25. The van der Waals surface area contributed by atoms with Crippen LogP contribution < -0.4 is 5.73 Å². The summed E-state index contributed by atoms with van der Waals surface area (Å²) >= 11 is 5.85. The summed E-state index contributed by atoms with van der Waals surface area (Å²) in [4.78, 5) is 38.2. The lowest BCUT2D eigenvalue weighted by atomic mass is 9.96. The second kappa shape index (κ2) is 8.40. The van der Waals surface area contributed by atoms with Gasteiger partial charge in [0.15, 0.2) is 6.10 Å². The van der Waals surface area contributed by atoms with Crippen LogP contribution in [0.4, 0.5) is 0 Å². The highest BCUT2D eigenvalue weighted by Gasteiger charge is 2.35. The molecule has 0 radical (unpaired) electrons. The van der Waals surface area contributed by atoms with Crippen LogP contribution in [0, 0.1) is 11.8 Å². The number of aromatic hydroxyl groups is 1. The Balaban J connectivity index is 2.15. The van der Waals surface area contributed by atoms with E-state index in [1.165, 1.54) is 23.1 Å². The molecule has 0 aromatic heterocycles. The van der Waals surface area contributed by atoms with Crippen molar-refractivity contribution in [3.05, 3.63) is 28.8 Å². The van der Waals surface area contributed by atoms with E-state index in [4.69, 9.17) is 22.1 Å². The summed E-state index contributed by atoms with van der Waals surface area (Å²) in [6, 6.07) is 4.01. The number of primary amides is 1. The quantitative estimate of drug-likeness (QED) is 0.756. The van der Waals surface area contributed by atoms with E-state index in [0.717, 1.165) is 0 Å². The van der Waals surface area contributed by atoms with Crippen LogP contribution in [0.2, 0.25) is 5.02 Å². The number of nitrogens with zero attached hydrogens (tertiary/aromatic N) is 1. The van der Waals surface area contributed by atoms with Crippen LogP contribution in [0.3, 0.4) is 0 Å². The summed E-state index contributed by atoms with van der Waals surface area (Å²) in [6.45, 7) is 4.20. The Morgan fingerprint density at radius 3 is 2.65 bits per heavy atom. The molecule has 7 nitrogen and oxygen atoms in total. The number of likely N-dealkylation sites (tertiary alicyclic amines) is 1. The average Bonchev–Trinajstić information content (AvgIpc) is 2.60. The number of esters is 1. The van der Waals surface area contributed by atoms with Gasteiger partial charge in [-0.1, -0.05) is 25.4 Å². The molecule has 1 aromatic rings. The van der Waals surface area contributed by atoms with E-state index in [2.05, 4.69) is 0 Å². The van der Waals surface area contributed by atoms with Crippen LogP contribution in [0.1, 0.15) is 37.0 Å². The van der Waals surface area contributed by atoms with Crippen LogP contribution in [-0.2, 0) is 14.3 Å². The van der Waals surface area contributed by atoms with Gasteiger partial charge in [0.2, 0.25) is 5.91 Å². The second-order valence-electron chi connectivity index (χ2n) is 6.76. The fourth-order valence-corrected chi connectivity index (χ4v) is 3.08. The Morgan fingerprint density at radius 1 is 1.35 bits per heavy atom. The molecular formula is C18H23ClN2O5. The molecule has 1 saturated heterocycles. The number of benzene rings is 1. The summed E-state index contributed by atoms with van der Waals surface area (Å²) in [5.74, 6) is -2.61. The van der Waals surface area contributed by atoms with Crippen molar-refractivity contribution in [3.8, 4) is 5.75 Å². The number of carbonyl (C=O) groups excluding carboxylic acids is 3. The van der Waals surface area contributed by atoms with Crippen LogP contribution in [-0.4, -0.2) is 47.0 Å². The maximum atomic E-state index is 12.8. The highest BCUT2D eigenvalue weighted by atomic mass is 35.5. The number of halogens is 1. The standard InChI is InChI=1S/C18H23ClN2O5/c1-10(2)15(17(24)21-7-3-4-11(9-21)16(20)23)26-18(25)13-8-12(19)5-6-14(13)22/h5-6,8,10-11,15,22H,3-4,7,9H2,1-2H3,(H2,20,23)/t11-,15+/m0/s1. The molecule has 8 heteroatoms. The van der Waals surface area contributed by atoms with Gasteiger partial charge in [-0.15, -0.1) is 0 Å². The van der Waals surface area contributed by atoms with E-state index in [9.17, 15) is 19.5 Å². The second-order valence-corrected chi connectivity index (χ2v) is 7.19. The van der Waals surface area contributed by atoms with Crippen LogP contribution in [0.15, 0.2) is 18.2 Å². The van der Waals surface area contributed by atoms with E-state index in [1.807, 2.05) is 0 Å². The van der Waals surface area contributed by atoms with Gasteiger partial charge in [0.05, 0.1) is 5.92 Å². The molecule has 0 bridgehead atoms. The van der Waals surface area contributed by atoms with E-state index in [-0.39, 0.29) is 34.7 Å². The molecule has 0 aliphatic carbocycles. The van der Waals surface area contributed by atoms with Gasteiger partial charge in [-0.2, -0.15) is 0 Å². The summed E-state index contributed by atoms with van der Waals surface area (Å²) < 4.78 is 5.38. The fourth-order valence-electron chi connectivity index (χ4n) is 2.91. The number of hydrogen-bond acceptors (Lipinski definition) is 5. The molecule has 26 heavy (non-hydrogen) atoms. The summed E-state index contributed by atoms with van der Waals surface area (Å²) in [6.07, 6.45) is 0.266. The molecule has 3 N–H and O–H groups in total. The zero-order valence-electron chi connectivity index (χ0n) is 14.8. The van der Waals surface area contributed by atoms with Gasteiger partial charge in [-0.05, 0) is 37.0 Å². The van der Waals surface area contributed by atoms with E-state index >= 15 is 0 Å². The summed E-state index contributed by atoms with van der Waals surface area (Å²) in [7, 11) is 0. The average molecular weight is 383 g/mol. The minimum atomic E-state index is -1.03. The number of hydrogen-bond donors (Lipinski definition) is 2. The largest absolute Gasteiger partial charge is 0.507 e. The predicted octanol–water partition coefficient (Wildman–Crippen LogP) is 1.95. The third-order valence-corrected chi connectivity index (χ3v) is 4.63. The number of phenolic OH excluding ortho intramolecular Hbond substituents is 1. The van der Waals surface area contributed by atoms with Gasteiger partial charge in [-0.25, -0.2) is 4.79 Å². The third kappa shape index (κ3) is 4.66. The molecule has 1 aromatic carbocycles. The molecule has 2 amide bonds. The lowest BCUT2D eigenvalue weighted by molar-refractivity contribution is -0.145. The minimum Gasteiger partial charge on any atom is -0.507 e. The molecule has 0 spiro atoms. The van der Waals surface area contributed by atoms with Crippen molar-refractivity contribution in [2.75, 3.05) is 13.1 Å². The van der Waals surface area contributed by atoms with Gasteiger partial charge in [0.1, 0.15) is 11.3 Å². The minimum absolute atomic E-state index is 0.107. The number of nitrogens with two attached hydrogens (primary N) is 1. The zero-order chi connectivity index (χ0) is 19.4. The SMILES string of the molecule is CC(C)[C@@H](OC(=O)c1cc(Cl)ccc1O)C(=O)N1CCC[C@H](C(N)=O)C1. The molecule has 0 saturated carbocycles. The van der Waals surface area contributed by atoms with Crippen molar-refractivity contribution >= 4 is 29.4 Å². The third-order valence-electron chi connectivity index (χ3n) is 4.40. The van der Waals surface area contributed by atoms with Crippen molar-refractivity contribution in [3.63, 3.8) is 0 Å². The van der Waals surface area contributed by atoms with Gasteiger partial charge < -0.3 is 20.5 Å². The Labute approximate surface area is 157 Å². The first-order chi connectivity index (χ1) is 12.2. The van der Waals surface area contributed by atoms with E-state index in [1.54, 1.807) is 13.8 Å². The Bertz CT molecular complexity index is 707. The lowest BCUT2D eigenvalue weighted by Gasteiger charge is -2.34. The van der Waals surface area contributed by atoms with Crippen molar-refractivity contribution in [2.45, 2.75) is 32.8 Å². The molecule has 1 aliphatic rings. The van der Waals surface area contributed by atoms with Gasteiger partial charge >= 0.3 is 5.97 Å². The van der Waals surface area contributed by atoms with Crippen LogP contribution in [0.5, 0.6) is 5.75 Å². The summed E-state index contributed by atoms with van der Waals surface area (Å²) in [5.41, 5.74) is 5.24. The maximum absolute atomic E-state index is 12.8. The van der Waals surface area contributed by atoms with Gasteiger partial charge in [-0.3, -0.25) is 9.59 Å². The normalized spacial score (nSPS) is 18.5. The smallest absolute Gasteiger partial charge is 0.342 e. The molecule has 2 atom stereocenters. The van der Waals surface area contributed by atoms with Gasteiger partial charge in [0, 0.05) is 18.1 Å². The Morgan fingerprint density at radius 2 is 2.04 bits per heavy atom. The first kappa shape index (κ1) is 20.0. The Hall–Kier alpha value is -2.28. The predicted molar refractivity (Wildman–Crippen MR) is 95.7 cm³/mol. The Kier molecular flexibility index (Phi) is 6.47. The fraction of sp³-hybridized carbons (Fsp3) is 0.500. The van der Waals surface area contributed by atoms with Crippen molar-refractivity contribution in [1.82, 2.24) is 4.90 Å². The maximum Gasteiger partial charge on any atom is 0.342 e. The molecule has 142 valence electrons. The number of carbonyl (C=O) groups is 3. The van der Waals surface area contributed by atoms with Crippen LogP contribution in [0.25, 0.3) is 0 Å². The summed E-state index contributed by atoms with van der Waals surface area (Å²) in [5, 5.41) is 10.1. The highest BCUT2D eigenvalue weighted by molar-refractivity contribution is 6.31. The number of phenols is 1. The molecule has 1 heterocycles. The molecule has 2 rings (SSSR count). The molecular weight excluding hydrogens is 360 g/mol.